The van der Waals surface area contributed by atoms with Gasteiger partial charge >= 0.3 is 0 Å². The van der Waals surface area contributed by atoms with Crippen LogP contribution in [0, 0.1) is 0 Å². The highest BCUT2D eigenvalue weighted by atomic mass is 35.5. The molecule has 0 aliphatic carbocycles. The Morgan fingerprint density at radius 3 is 2.62 bits per heavy atom. The number of nitrogens with one attached hydrogen (secondary N) is 1. The van der Waals surface area contributed by atoms with E-state index in [1.54, 1.807) is 0 Å². The van der Waals surface area contributed by atoms with Crippen LogP contribution in [0.4, 0.5) is 11.4 Å². The van der Waals surface area contributed by atoms with Gasteiger partial charge < -0.3 is 11.1 Å². The van der Waals surface area contributed by atoms with Gasteiger partial charge in [-0.25, -0.2) is 0 Å². The molecule has 0 heterocycles. The van der Waals surface area contributed by atoms with Crippen molar-refractivity contribution >= 4 is 23.0 Å². The van der Waals surface area contributed by atoms with Crippen LogP contribution in [-0.4, -0.2) is 0 Å². The van der Waals surface area contributed by atoms with E-state index in [1.807, 2.05) is 48.5 Å². The smallest absolute Gasteiger partial charge is 0.0576 e. The molecule has 0 aliphatic heterocycles. The maximum atomic E-state index is 5.91. The van der Waals surface area contributed by atoms with E-state index in [1.165, 1.54) is 0 Å². The van der Waals surface area contributed by atoms with Crippen LogP contribution in [0.25, 0.3) is 0 Å². The number of anilines is 2. The molecule has 2 aromatic rings. The van der Waals surface area contributed by atoms with Gasteiger partial charge in [0.2, 0.25) is 0 Å². The lowest BCUT2D eigenvalue weighted by atomic mass is 10.2. The Bertz CT molecular complexity index is 483. The first-order chi connectivity index (χ1) is 7.75. The number of para-hydroxylation sites is 2. The fourth-order valence-electron chi connectivity index (χ4n) is 1.50. The highest BCUT2D eigenvalue weighted by Crippen LogP contribution is 2.18. The monoisotopic (exact) mass is 232 g/mol. The number of nitrogen functional groups attached to an aromatic ring is 1. The lowest BCUT2D eigenvalue weighted by molar-refractivity contribution is 1.15. The zero-order valence-electron chi connectivity index (χ0n) is 8.78. The Kier molecular flexibility index (Phi) is 3.32. The number of nitrogens with two attached hydrogens (primary N) is 1. The van der Waals surface area contributed by atoms with Crippen LogP contribution in [0.1, 0.15) is 5.56 Å². The summed E-state index contributed by atoms with van der Waals surface area (Å²) >= 11 is 5.91. The highest BCUT2D eigenvalue weighted by molar-refractivity contribution is 6.30. The molecule has 2 aromatic carbocycles. The van der Waals surface area contributed by atoms with Crippen molar-refractivity contribution < 1.29 is 0 Å². The summed E-state index contributed by atoms with van der Waals surface area (Å²) in [4.78, 5) is 0. The Morgan fingerprint density at radius 1 is 1.06 bits per heavy atom. The summed E-state index contributed by atoms with van der Waals surface area (Å²) in [7, 11) is 0. The molecule has 0 unspecified atom stereocenters. The summed E-state index contributed by atoms with van der Waals surface area (Å²) < 4.78 is 0. The van der Waals surface area contributed by atoms with E-state index in [2.05, 4.69) is 5.32 Å². The quantitative estimate of drug-likeness (QED) is 0.795. The van der Waals surface area contributed by atoms with Gasteiger partial charge in [0.1, 0.15) is 0 Å². The second kappa shape index (κ2) is 4.90. The van der Waals surface area contributed by atoms with Gasteiger partial charge in [0.05, 0.1) is 11.4 Å². The molecule has 0 radical (unpaired) electrons. The number of rotatable bonds is 3. The standard InChI is InChI=1S/C13H13ClN2/c14-11-5-3-4-10(8-11)9-16-13-7-2-1-6-12(13)15/h1-8,16H,9,15H2. The molecule has 0 saturated heterocycles. The molecule has 0 atom stereocenters. The molecule has 0 aliphatic rings. The Hall–Kier alpha value is -1.67. The van der Waals surface area contributed by atoms with Crippen LogP contribution >= 0.6 is 11.6 Å². The van der Waals surface area contributed by atoms with Crippen molar-refractivity contribution in [2.45, 2.75) is 6.54 Å². The van der Waals surface area contributed by atoms with Crippen molar-refractivity contribution in [3.05, 3.63) is 59.1 Å². The minimum absolute atomic E-state index is 0.717. The van der Waals surface area contributed by atoms with Crippen molar-refractivity contribution in [2.75, 3.05) is 11.1 Å². The van der Waals surface area contributed by atoms with Crippen LogP contribution in [-0.2, 0) is 6.54 Å². The lowest BCUT2D eigenvalue weighted by Crippen LogP contribution is -2.01. The molecule has 2 rings (SSSR count). The molecular formula is C13H13ClN2. The Balaban J connectivity index is 2.05. The number of hydrogen-bond acceptors (Lipinski definition) is 2. The molecule has 0 fully saturated rings. The maximum Gasteiger partial charge on any atom is 0.0576 e. The second-order valence-electron chi connectivity index (χ2n) is 3.57. The maximum absolute atomic E-state index is 5.91. The normalized spacial score (nSPS) is 10.1. The van der Waals surface area contributed by atoms with Crippen molar-refractivity contribution in [2.24, 2.45) is 0 Å². The van der Waals surface area contributed by atoms with Crippen molar-refractivity contribution in [3.63, 3.8) is 0 Å². The van der Waals surface area contributed by atoms with Gasteiger partial charge in [0.25, 0.3) is 0 Å². The number of halogens is 1. The van der Waals surface area contributed by atoms with Gasteiger partial charge in [-0.15, -0.1) is 0 Å². The predicted octanol–water partition coefficient (Wildman–Crippen LogP) is 3.53. The molecule has 0 saturated carbocycles. The predicted molar refractivity (Wildman–Crippen MR) is 69.6 cm³/mol. The van der Waals surface area contributed by atoms with E-state index in [0.29, 0.717) is 0 Å². The molecular weight excluding hydrogens is 220 g/mol. The largest absolute Gasteiger partial charge is 0.397 e. The molecule has 2 nitrogen and oxygen atoms in total. The Labute approximate surface area is 100 Å². The van der Waals surface area contributed by atoms with E-state index in [-0.39, 0.29) is 0 Å². The van der Waals surface area contributed by atoms with Crippen LogP contribution in [0.2, 0.25) is 5.02 Å². The molecule has 3 heteroatoms. The molecule has 82 valence electrons. The molecule has 3 N–H and O–H groups in total. The van der Waals surface area contributed by atoms with E-state index < -0.39 is 0 Å². The average Bonchev–Trinajstić information content (AvgIpc) is 2.28. The summed E-state index contributed by atoms with van der Waals surface area (Å²) in [6, 6.07) is 15.5. The van der Waals surface area contributed by atoms with Gasteiger partial charge in [0.15, 0.2) is 0 Å². The minimum atomic E-state index is 0.717. The van der Waals surface area contributed by atoms with Gasteiger partial charge in [-0.3, -0.25) is 0 Å². The van der Waals surface area contributed by atoms with Crippen LogP contribution in [0.5, 0.6) is 0 Å². The minimum Gasteiger partial charge on any atom is -0.397 e. The molecule has 0 aromatic heterocycles. The zero-order chi connectivity index (χ0) is 11.4. The van der Waals surface area contributed by atoms with E-state index in [9.17, 15) is 0 Å². The number of hydrogen-bond donors (Lipinski definition) is 2. The van der Waals surface area contributed by atoms with Crippen LogP contribution < -0.4 is 11.1 Å². The zero-order valence-corrected chi connectivity index (χ0v) is 9.54. The topological polar surface area (TPSA) is 38.0 Å². The highest BCUT2D eigenvalue weighted by Gasteiger charge is 1.97. The van der Waals surface area contributed by atoms with Gasteiger partial charge in [-0.1, -0.05) is 35.9 Å². The van der Waals surface area contributed by atoms with Gasteiger partial charge in [-0.05, 0) is 29.8 Å². The first-order valence-corrected chi connectivity index (χ1v) is 5.46. The number of benzene rings is 2. The van der Waals surface area contributed by atoms with Gasteiger partial charge in [-0.2, -0.15) is 0 Å². The van der Waals surface area contributed by atoms with Crippen molar-refractivity contribution in [1.29, 1.82) is 0 Å². The van der Waals surface area contributed by atoms with E-state index >= 15 is 0 Å². The van der Waals surface area contributed by atoms with Crippen molar-refractivity contribution in [3.8, 4) is 0 Å². The summed E-state index contributed by atoms with van der Waals surface area (Å²) in [5.41, 5.74) is 8.66. The summed E-state index contributed by atoms with van der Waals surface area (Å²) in [6.07, 6.45) is 0. The third-order valence-electron chi connectivity index (χ3n) is 2.33. The van der Waals surface area contributed by atoms with Crippen LogP contribution in [0.3, 0.4) is 0 Å². The fraction of sp³-hybridized carbons (Fsp3) is 0.0769. The first kappa shape index (κ1) is 10.8. The fourth-order valence-corrected chi connectivity index (χ4v) is 1.72. The van der Waals surface area contributed by atoms with Crippen LogP contribution in [0.15, 0.2) is 48.5 Å². The third kappa shape index (κ3) is 2.67. The average molecular weight is 233 g/mol. The SMILES string of the molecule is Nc1ccccc1NCc1cccc(Cl)c1. The first-order valence-electron chi connectivity index (χ1n) is 5.08. The molecule has 0 spiro atoms. The lowest BCUT2D eigenvalue weighted by Gasteiger charge is -2.09. The Morgan fingerprint density at radius 2 is 1.88 bits per heavy atom. The summed E-state index contributed by atoms with van der Waals surface area (Å²) in [5.74, 6) is 0. The van der Waals surface area contributed by atoms with E-state index in [0.717, 1.165) is 28.5 Å². The third-order valence-corrected chi connectivity index (χ3v) is 2.57. The van der Waals surface area contributed by atoms with E-state index in [4.69, 9.17) is 17.3 Å². The summed E-state index contributed by atoms with van der Waals surface area (Å²) in [6.45, 7) is 0.717. The van der Waals surface area contributed by atoms with Crippen molar-refractivity contribution in [1.82, 2.24) is 0 Å². The molecule has 16 heavy (non-hydrogen) atoms. The molecule has 0 amide bonds. The van der Waals surface area contributed by atoms with Gasteiger partial charge in [0, 0.05) is 11.6 Å². The molecule has 0 bridgehead atoms. The summed E-state index contributed by atoms with van der Waals surface area (Å²) in [5, 5.41) is 4.02. The second-order valence-corrected chi connectivity index (χ2v) is 4.01.